The minimum absolute atomic E-state index is 0.103. The molecular formula is C20H16FN3OS. The van der Waals surface area contributed by atoms with Crippen molar-refractivity contribution >= 4 is 33.3 Å². The van der Waals surface area contributed by atoms with Crippen molar-refractivity contribution in [2.24, 2.45) is 0 Å². The third-order valence-electron chi connectivity index (χ3n) is 4.17. The molecule has 0 aliphatic carbocycles. The summed E-state index contributed by atoms with van der Waals surface area (Å²) in [7, 11) is 0. The maximum absolute atomic E-state index is 12.9. The number of carbonyl (C=O) groups is 1. The summed E-state index contributed by atoms with van der Waals surface area (Å²) in [5.74, 6) is -0.375. The fourth-order valence-electron chi connectivity index (χ4n) is 2.83. The van der Waals surface area contributed by atoms with Crippen molar-refractivity contribution in [3.63, 3.8) is 0 Å². The highest BCUT2D eigenvalue weighted by Crippen LogP contribution is 2.30. The van der Waals surface area contributed by atoms with Gasteiger partial charge in [0.05, 0.1) is 5.69 Å². The van der Waals surface area contributed by atoms with Crippen molar-refractivity contribution in [1.82, 2.24) is 9.97 Å². The first-order valence-corrected chi connectivity index (χ1v) is 9.13. The van der Waals surface area contributed by atoms with Crippen molar-refractivity contribution in [3.05, 3.63) is 71.5 Å². The van der Waals surface area contributed by atoms with E-state index in [1.54, 1.807) is 12.1 Å². The summed E-state index contributed by atoms with van der Waals surface area (Å²) < 4.78 is 12.9. The molecular weight excluding hydrogens is 349 g/mol. The Morgan fingerprint density at radius 2 is 1.96 bits per heavy atom. The van der Waals surface area contributed by atoms with E-state index >= 15 is 0 Å². The second-order valence-corrected chi connectivity index (χ2v) is 6.82. The van der Waals surface area contributed by atoms with Crippen LogP contribution in [0.4, 0.5) is 9.52 Å². The van der Waals surface area contributed by atoms with E-state index in [9.17, 15) is 9.18 Å². The number of aromatic amines is 1. The van der Waals surface area contributed by atoms with Gasteiger partial charge in [-0.1, -0.05) is 30.3 Å². The van der Waals surface area contributed by atoms with Crippen LogP contribution in [0.2, 0.25) is 0 Å². The molecule has 0 fully saturated rings. The van der Waals surface area contributed by atoms with Gasteiger partial charge in [0.25, 0.3) is 0 Å². The Bertz CT molecular complexity index is 1050. The number of anilines is 1. The Kier molecular flexibility index (Phi) is 4.50. The molecule has 6 heteroatoms. The molecule has 2 aromatic heterocycles. The number of aromatic nitrogens is 2. The van der Waals surface area contributed by atoms with E-state index in [4.69, 9.17) is 0 Å². The van der Waals surface area contributed by atoms with E-state index in [2.05, 4.69) is 15.3 Å². The monoisotopic (exact) mass is 365 g/mol. The largest absolute Gasteiger partial charge is 0.360 e. The molecule has 2 heterocycles. The standard InChI is InChI=1S/C20H16FN3OS/c21-14-8-5-13(6-9-14)7-10-19(25)24-20-23-18(12-26-20)16-11-22-17-4-2-1-3-15(16)17/h1-6,8-9,11-12,22H,7,10H2,(H,23,24,25). The molecule has 4 aromatic rings. The zero-order chi connectivity index (χ0) is 17.9. The Hall–Kier alpha value is -2.99. The van der Waals surface area contributed by atoms with Gasteiger partial charge in [0.15, 0.2) is 5.13 Å². The average Bonchev–Trinajstić information content (AvgIpc) is 3.28. The van der Waals surface area contributed by atoms with Crippen molar-refractivity contribution in [2.75, 3.05) is 5.32 Å². The highest BCUT2D eigenvalue weighted by atomic mass is 32.1. The number of rotatable bonds is 5. The van der Waals surface area contributed by atoms with Gasteiger partial charge in [-0.2, -0.15) is 0 Å². The number of aryl methyl sites for hydroxylation is 1. The highest BCUT2D eigenvalue weighted by Gasteiger charge is 2.11. The summed E-state index contributed by atoms with van der Waals surface area (Å²) in [5, 5.41) is 6.46. The van der Waals surface area contributed by atoms with Crippen LogP contribution in [0.1, 0.15) is 12.0 Å². The summed E-state index contributed by atoms with van der Waals surface area (Å²) in [6.45, 7) is 0. The maximum atomic E-state index is 12.9. The molecule has 0 aliphatic heterocycles. The van der Waals surface area contributed by atoms with Gasteiger partial charge in [-0.3, -0.25) is 4.79 Å². The lowest BCUT2D eigenvalue weighted by Gasteiger charge is -2.02. The number of halogens is 1. The number of benzene rings is 2. The summed E-state index contributed by atoms with van der Waals surface area (Å²) in [4.78, 5) is 19.9. The molecule has 0 unspecified atom stereocenters. The predicted octanol–water partition coefficient (Wildman–Crippen LogP) is 5.00. The number of H-pyrrole nitrogens is 1. The molecule has 2 aromatic carbocycles. The number of carbonyl (C=O) groups excluding carboxylic acids is 1. The van der Waals surface area contributed by atoms with Crippen LogP contribution in [0.15, 0.2) is 60.1 Å². The molecule has 1 amide bonds. The van der Waals surface area contributed by atoms with Crippen LogP contribution in [-0.2, 0) is 11.2 Å². The van der Waals surface area contributed by atoms with E-state index in [-0.39, 0.29) is 11.7 Å². The SMILES string of the molecule is O=C(CCc1ccc(F)cc1)Nc1nc(-c2c[nH]c3ccccc23)cs1. The van der Waals surface area contributed by atoms with Gasteiger partial charge in [-0.15, -0.1) is 11.3 Å². The zero-order valence-electron chi connectivity index (χ0n) is 13.8. The minimum Gasteiger partial charge on any atom is -0.360 e. The van der Waals surface area contributed by atoms with Crippen LogP contribution in [0.25, 0.3) is 22.2 Å². The fraction of sp³-hybridized carbons (Fsp3) is 0.100. The second-order valence-electron chi connectivity index (χ2n) is 5.96. The van der Waals surface area contributed by atoms with Crippen LogP contribution in [0, 0.1) is 5.82 Å². The topological polar surface area (TPSA) is 57.8 Å². The third kappa shape index (κ3) is 3.50. The van der Waals surface area contributed by atoms with E-state index in [0.717, 1.165) is 27.7 Å². The lowest BCUT2D eigenvalue weighted by atomic mass is 10.1. The van der Waals surface area contributed by atoms with Gasteiger partial charge >= 0.3 is 0 Å². The molecule has 0 radical (unpaired) electrons. The first kappa shape index (κ1) is 16.5. The van der Waals surface area contributed by atoms with Crippen LogP contribution in [0.5, 0.6) is 0 Å². The number of thiazole rings is 1. The highest BCUT2D eigenvalue weighted by molar-refractivity contribution is 7.14. The first-order chi connectivity index (χ1) is 12.7. The summed E-state index contributed by atoms with van der Waals surface area (Å²) >= 11 is 1.40. The number of nitrogens with zero attached hydrogens (tertiary/aromatic N) is 1. The Labute approximate surface area is 153 Å². The summed E-state index contributed by atoms with van der Waals surface area (Å²) in [6, 6.07) is 14.2. The minimum atomic E-state index is -0.272. The van der Waals surface area contributed by atoms with Crippen molar-refractivity contribution in [1.29, 1.82) is 0 Å². The van der Waals surface area contributed by atoms with Crippen molar-refractivity contribution in [3.8, 4) is 11.3 Å². The Balaban J connectivity index is 1.41. The van der Waals surface area contributed by atoms with Crippen LogP contribution < -0.4 is 5.32 Å². The quantitative estimate of drug-likeness (QED) is 0.523. The van der Waals surface area contributed by atoms with Crippen LogP contribution in [0.3, 0.4) is 0 Å². The van der Waals surface area contributed by atoms with E-state index in [0.29, 0.717) is 18.0 Å². The molecule has 0 saturated heterocycles. The first-order valence-electron chi connectivity index (χ1n) is 8.25. The lowest BCUT2D eigenvalue weighted by Crippen LogP contribution is -2.12. The smallest absolute Gasteiger partial charge is 0.226 e. The van der Waals surface area contributed by atoms with E-state index < -0.39 is 0 Å². The van der Waals surface area contributed by atoms with E-state index in [1.165, 1.54) is 23.5 Å². The molecule has 2 N–H and O–H groups in total. The van der Waals surface area contributed by atoms with Crippen molar-refractivity contribution in [2.45, 2.75) is 12.8 Å². The second kappa shape index (κ2) is 7.09. The van der Waals surface area contributed by atoms with Crippen LogP contribution in [-0.4, -0.2) is 15.9 Å². The number of amides is 1. The van der Waals surface area contributed by atoms with Gasteiger partial charge in [0.1, 0.15) is 5.82 Å². The van der Waals surface area contributed by atoms with Crippen molar-refractivity contribution < 1.29 is 9.18 Å². The Morgan fingerprint density at radius 1 is 1.15 bits per heavy atom. The van der Waals surface area contributed by atoms with Gasteiger partial charge in [-0.05, 0) is 30.2 Å². The fourth-order valence-corrected chi connectivity index (χ4v) is 3.56. The number of para-hydroxylation sites is 1. The molecule has 0 atom stereocenters. The Morgan fingerprint density at radius 3 is 2.81 bits per heavy atom. The molecule has 26 heavy (non-hydrogen) atoms. The van der Waals surface area contributed by atoms with E-state index in [1.807, 2.05) is 35.8 Å². The lowest BCUT2D eigenvalue weighted by molar-refractivity contribution is -0.116. The number of hydrogen-bond donors (Lipinski definition) is 2. The van der Waals surface area contributed by atoms with Crippen LogP contribution >= 0.6 is 11.3 Å². The van der Waals surface area contributed by atoms with Gasteiger partial charge in [-0.25, -0.2) is 9.37 Å². The molecule has 4 rings (SSSR count). The zero-order valence-corrected chi connectivity index (χ0v) is 14.6. The molecule has 0 spiro atoms. The predicted molar refractivity (Wildman–Crippen MR) is 103 cm³/mol. The van der Waals surface area contributed by atoms with Gasteiger partial charge < -0.3 is 10.3 Å². The molecule has 0 bridgehead atoms. The molecule has 4 nitrogen and oxygen atoms in total. The normalized spacial score (nSPS) is 11.0. The maximum Gasteiger partial charge on any atom is 0.226 e. The summed E-state index contributed by atoms with van der Waals surface area (Å²) in [5.41, 5.74) is 3.84. The molecule has 130 valence electrons. The average molecular weight is 365 g/mol. The third-order valence-corrected chi connectivity index (χ3v) is 4.93. The molecule has 0 saturated carbocycles. The van der Waals surface area contributed by atoms with Gasteiger partial charge in [0.2, 0.25) is 5.91 Å². The number of nitrogens with one attached hydrogen (secondary N) is 2. The molecule has 0 aliphatic rings. The summed E-state index contributed by atoms with van der Waals surface area (Å²) in [6.07, 6.45) is 2.82. The number of hydrogen-bond acceptors (Lipinski definition) is 3. The number of fused-ring (bicyclic) bond motifs is 1. The van der Waals surface area contributed by atoms with Gasteiger partial charge in [0, 0.05) is 34.5 Å².